The van der Waals surface area contributed by atoms with Gasteiger partial charge in [-0.2, -0.15) is 0 Å². The van der Waals surface area contributed by atoms with Gasteiger partial charge in [-0.15, -0.1) is 0 Å². The number of pyridine rings is 1. The fourth-order valence-corrected chi connectivity index (χ4v) is 4.02. The smallest absolute Gasteiger partial charge is 0.165 e. The molecule has 3 heterocycles. The molecular formula is C23H26N4O3. The lowest BCUT2D eigenvalue weighted by Crippen LogP contribution is -2.44. The molecule has 2 aromatic heterocycles. The number of aliphatic hydroxyl groups is 1. The summed E-state index contributed by atoms with van der Waals surface area (Å²) in [5, 5.41) is 10.6. The molecule has 0 radical (unpaired) electrons. The second-order valence-corrected chi connectivity index (χ2v) is 8.05. The Morgan fingerprint density at radius 2 is 2.03 bits per heavy atom. The third-order valence-corrected chi connectivity index (χ3v) is 5.89. The Bertz CT molecular complexity index is 1080. The van der Waals surface area contributed by atoms with Crippen molar-refractivity contribution in [1.82, 2.24) is 15.0 Å². The van der Waals surface area contributed by atoms with Crippen LogP contribution in [0.5, 0.6) is 5.75 Å². The summed E-state index contributed by atoms with van der Waals surface area (Å²) in [6.45, 7) is 4.30. The average Bonchev–Trinajstić information content (AvgIpc) is 3.63. The van der Waals surface area contributed by atoms with Gasteiger partial charge < -0.3 is 19.5 Å². The fraction of sp³-hybridized carbons (Fsp3) is 0.435. The number of fused-ring (bicyclic) bond motifs is 1. The third kappa shape index (κ3) is 3.48. The van der Waals surface area contributed by atoms with Gasteiger partial charge in [-0.05, 0) is 50.1 Å². The van der Waals surface area contributed by atoms with E-state index in [2.05, 4.69) is 17.9 Å². The minimum atomic E-state index is -0.0857. The Balaban J connectivity index is 1.62. The Kier molecular flexibility index (Phi) is 5.00. The molecule has 2 fully saturated rings. The monoisotopic (exact) mass is 406 g/mol. The van der Waals surface area contributed by atoms with Gasteiger partial charge in [-0.1, -0.05) is 0 Å². The molecule has 1 aliphatic heterocycles. The maximum Gasteiger partial charge on any atom is 0.165 e. The molecule has 30 heavy (non-hydrogen) atoms. The van der Waals surface area contributed by atoms with E-state index in [0.29, 0.717) is 24.9 Å². The summed E-state index contributed by atoms with van der Waals surface area (Å²) in [5.41, 5.74) is 3.21. The van der Waals surface area contributed by atoms with E-state index in [9.17, 15) is 5.11 Å². The zero-order valence-electron chi connectivity index (χ0n) is 17.3. The van der Waals surface area contributed by atoms with Gasteiger partial charge in [0, 0.05) is 23.6 Å². The Morgan fingerprint density at radius 3 is 2.77 bits per heavy atom. The fourth-order valence-electron chi connectivity index (χ4n) is 4.02. The van der Waals surface area contributed by atoms with Crippen molar-refractivity contribution in [2.45, 2.75) is 38.3 Å². The molecule has 7 heteroatoms. The van der Waals surface area contributed by atoms with Gasteiger partial charge in [-0.3, -0.25) is 0 Å². The van der Waals surface area contributed by atoms with Gasteiger partial charge in [0.05, 0.1) is 44.1 Å². The molecule has 1 saturated heterocycles. The number of rotatable bonds is 5. The molecule has 1 unspecified atom stereocenters. The molecule has 1 N–H and O–H groups in total. The van der Waals surface area contributed by atoms with Gasteiger partial charge in [0.1, 0.15) is 17.4 Å². The zero-order chi connectivity index (χ0) is 20.7. The van der Waals surface area contributed by atoms with Crippen molar-refractivity contribution in [3.05, 3.63) is 41.7 Å². The van der Waals surface area contributed by atoms with Gasteiger partial charge in [-0.25, -0.2) is 15.0 Å². The number of hydrogen-bond donors (Lipinski definition) is 1. The number of aromatic nitrogens is 3. The summed E-state index contributed by atoms with van der Waals surface area (Å²) in [4.78, 5) is 17.0. The lowest BCUT2D eigenvalue weighted by atomic mass is 10.1. The molecule has 2 aliphatic rings. The van der Waals surface area contributed by atoms with Crippen molar-refractivity contribution in [2.75, 3.05) is 31.8 Å². The number of nitrogens with zero attached hydrogens (tertiary/aromatic N) is 4. The van der Waals surface area contributed by atoms with Crippen LogP contribution in [0, 0.1) is 0 Å². The van der Waals surface area contributed by atoms with E-state index in [1.54, 1.807) is 7.11 Å². The predicted octanol–water partition coefficient (Wildman–Crippen LogP) is 3.30. The van der Waals surface area contributed by atoms with Gasteiger partial charge >= 0.3 is 0 Å². The molecule has 7 nitrogen and oxygen atoms in total. The normalized spacial score (nSPS) is 19.3. The second kappa shape index (κ2) is 7.81. The second-order valence-electron chi connectivity index (χ2n) is 8.05. The summed E-state index contributed by atoms with van der Waals surface area (Å²) in [5.74, 6) is 2.97. The number of aliphatic hydroxyl groups excluding tert-OH is 1. The molecule has 1 saturated carbocycles. The average molecular weight is 406 g/mol. The van der Waals surface area contributed by atoms with Crippen LogP contribution in [0.2, 0.25) is 0 Å². The van der Waals surface area contributed by atoms with Crippen molar-refractivity contribution in [3.8, 4) is 17.0 Å². The maximum atomic E-state index is 9.67. The van der Waals surface area contributed by atoms with Crippen molar-refractivity contribution >= 4 is 16.9 Å². The van der Waals surface area contributed by atoms with Crippen LogP contribution >= 0.6 is 0 Å². The minimum Gasteiger partial charge on any atom is -0.496 e. The number of ether oxygens (including phenoxy) is 2. The molecule has 1 aromatic carbocycles. The molecular weight excluding hydrogens is 380 g/mol. The summed E-state index contributed by atoms with van der Waals surface area (Å²) in [7, 11) is 1.60. The van der Waals surface area contributed by atoms with E-state index in [1.807, 2.05) is 24.3 Å². The highest BCUT2D eigenvalue weighted by atomic mass is 16.5. The number of methoxy groups -OCH3 is 1. The largest absolute Gasteiger partial charge is 0.496 e. The predicted molar refractivity (Wildman–Crippen MR) is 115 cm³/mol. The Hall–Kier alpha value is -2.77. The van der Waals surface area contributed by atoms with Crippen LogP contribution in [0.1, 0.15) is 37.1 Å². The van der Waals surface area contributed by atoms with Gasteiger partial charge in [0.2, 0.25) is 0 Å². The van der Waals surface area contributed by atoms with Crippen molar-refractivity contribution < 1.29 is 14.6 Å². The first-order valence-electron chi connectivity index (χ1n) is 10.5. The van der Waals surface area contributed by atoms with E-state index in [-0.39, 0.29) is 12.6 Å². The van der Waals surface area contributed by atoms with Crippen molar-refractivity contribution in [3.63, 3.8) is 0 Å². The first kappa shape index (κ1) is 19.2. The Labute approximate surface area is 175 Å². The van der Waals surface area contributed by atoms with Crippen LogP contribution in [0.3, 0.4) is 0 Å². The summed E-state index contributed by atoms with van der Waals surface area (Å²) in [6, 6.07) is 10.1. The first-order chi connectivity index (χ1) is 14.7. The first-order valence-corrected chi connectivity index (χ1v) is 10.5. The summed E-state index contributed by atoms with van der Waals surface area (Å²) < 4.78 is 10.9. The van der Waals surface area contributed by atoms with Crippen LogP contribution in [0.25, 0.3) is 22.3 Å². The minimum absolute atomic E-state index is 0.0857. The highest BCUT2D eigenvalue weighted by Crippen LogP contribution is 2.40. The van der Waals surface area contributed by atoms with Crippen molar-refractivity contribution in [1.29, 1.82) is 0 Å². The molecule has 0 bridgehead atoms. The zero-order valence-corrected chi connectivity index (χ0v) is 17.3. The molecule has 3 aromatic rings. The van der Waals surface area contributed by atoms with Crippen LogP contribution in [0.4, 0.5) is 5.82 Å². The van der Waals surface area contributed by atoms with E-state index in [4.69, 9.17) is 24.4 Å². The Morgan fingerprint density at radius 1 is 1.17 bits per heavy atom. The highest BCUT2D eigenvalue weighted by Gasteiger charge is 2.30. The van der Waals surface area contributed by atoms with Crippen molar-refractivity contribution in [2.24, 2.45) is 0 Å². The summed E-state index contributed by atoms with van der Waals surface area (Å²) in [6.07, 6.45) is 2.28. The number of morpholine rings is 1. The quantitative estimate of drug-likeness (QED) is 0.696. The van der Waals surface area contributed by atoms with Crippen LogP contribution in [-0.4, -0.2) is 53.0 Å². The standard InChI is InChI=1S/C23H26N4O3/c1-14-13-30-10-9-27(14)23-18-6-7-19(16-5-8-20(29-2)17(11-16)12-28)24-22(18)25-21(26-23)15-3-4-15/h5-8,11,14-15,28H,3-4,9-10,12-13H2,1-2H3. The summed E-state index contributed by atoms with van der Waals surface area (Å²) >= 11 is 0. The van der Waals surface area contributed by atoms with Gasteiger partial charge in [0.25, 0.3) is 0 Å². The lowest BCUT2D eigenvalue weighted by Gasteiger charge is -2.35. The molecule has 0 spiro atoms. The number of hydrogen-bond acceptors (Lipinski definition) is 7. The molecule has 1 aliphatic carbocycles. The molecule has 0 amide bonds. The number of benzene rings is 1. The third-order valence-electron chi connectivity index (χ3n) is 5.89. The van der Waals surface area contributed by atoms with E-state index in [1.165, 1.54) is 0 Å². The molecule has 156 valence electrons. The maximum absolute atomic E-state index is 9.67. The van der Waals surface area contributed by atoms with Gasteiger partial charge in [0.15, 0.2) is 5.65 Å². The lowest BCUT2D eigenvalue weighted by molar-refractivity contribution is 0.0986. The van der Waals surface area contributed by atoms with E-state index < -0.39 is 0 Å². The highest BCUT2D eigenvalue weighted by molar-refractivity contribution is 5.89. The molecule has 5 rings (SSSR count). The van der Waals surface area contributed by atoms with Crippen LogP contribution in [0.15, 0.2) is 30.3 Å². The van der Waals surface area contributed by atoms with E-state index >= 15 is 0 Å². The van der Waals surface area contributed by atoms with E-state index in [0.717, 1.165) is 58.9 Å². The topological polar surface area (TPSA) is 80.6 Å². The SMILES string of the molecule is COc1ccc(-c2ccc3c(N4CCOCC4C)nc(C4CC4)nc3n2)cc1CO. The molecule has 1 atom stereocenters. The number of anilines is 1. The van der Waals surface area contributed by atoms with Crippen LogP contribution < -0.4 is 9.64 Å². The van der Waals surface area contributed by atoms with Crippen LogP contribution in [-0.2, 0) is 11.3 Å².